The lowest BCUT2D eigenvalue weighted by atomic mass is 10.1. The number of carboxylic acids is 2. The highest BCUT2D eigenvalue weighted by Gasteiger charge is 2.21. The number of carboxylic acid groups (broad SMARTS) is 3. The summed E-state index contributed by atoms with van der Waals surface area (Å²) in [6.07, 6.45) is 8.02. The molecule has 6 N–H and O–H groups in total. The van der Waals surface area contributed by atoms with E-state index in [-0.39, 0.29) is 35.6 Å². The van der Waals surface area contributed by atoms with Gasteiger partial charge in [0.25, 0.3) is 6.47 Å². The standard InChI is InChI=1S/C6H6O3.2C6H10O2.CH2O2/c7-4-1-5(8)3-6(9)2-4;2*7-6(8)5-3-1-2-4-5;2-1-3/h1-3,7-9H;2*5H,1-4H2,(H,7,8);1H,(H,2,3). The van der Waals surface area contributed by atoms with Crippen molar-refractivity contribution in [2.24, 2.45) is 11.8 Å². The fourth-order valence-corrected chi connectivity index (χ4v) is 2.93. The van der Waals surface area contributed by atoms with Crippen molar-refractivity contribution in [2.75, 3.05) is 0 Å². The minimum atomic E-state index is -0.609. The molecule has 0 aromatic heterocycles. The van der Waals surface area contributed by atoms with Gasteiger partial charge in [-0.1, -0.05) is 25.7 Å². The highest BCUT2D eigenvalue weighted by molar-refractivity contribution is 5.70. The molecule has 9 nitrogen and oxygen atoms in total. The molecule has 0 unspecified atom stereocenters. The van der Waals surface area contributed by atoms with Crippen LogP contribution in [0.25, 0.3) is 0 Å². The van der Waals surface area contributed by atoms with Gasteiger partial charge in [-0.3, -0.25) is 14.4 Å². The first-order valence-electron chi connectivity index (χ1n) is 8.96. The zero-order chi connectivity index (χ0) is 21.5. The second-order valence-electron chi connectivity index (χ2n) is 6.45. The summed E-state index contributed by atoms with van der Waals surface area (Å²) in [4.78, 5) is 28.8. The maximum atomic E-state index is 10.2. The molecule has 0 saturated heterocycles. The number of phenolic OH excluding ortho intramolecular Hbond substituents is 3. The molecule has 0 atom stereocenters. The van der Waals surface area contributed by atoms with E-state index in [1.807, 2.05) is 0 Å². The number of hydrogen-bond acceptors (Lipinski definition) is 6. The van der Waals surface area contributed by atoms with Crippen LogP contribution in [0.4, 0.5) is 0 Å². The van der Waals surface area contributed by atoms with Crippen LogP contribution >= 0.6 is 0 Å². The van der Waals surface area contributed by atoms with Crippen molar-refractivity contribution in [2.45, 2.75) is 51.4 Å². The van der Waals surface area contributed by atoms with Crippen molar-refractivity contribution >= 4 is 18.4 Å². The minimum absolute atomic E-state index is 0.0185. The first-order valence-corrected chi connectivity index (χ1v) is 8.96. The van der Waals surface area contributed by atoms with Gasteiger partial charge in [-0.25, -0.2) is 0 Å². The van der Waals surface area contributed by atoms with Crippen LogP contribution in [0.15, 0.2) is 18.2 Å². The molecule has 9 heteroatoms. The third-order valence-corrected chi connectivity index (χ3v) is 4.30. The molecule has 0 radical (unpaired) electrons. The fraction of sp³-hybridized carbons (Fsp3) is 0.526. The highest BCUT2D eigenvalue weighted by Crippen LogP contribution is 2.25. The third kappa shape index (κ3) is 11.6. The lowest BCUT2D eigenvalue weighted by molar-refractivity contribution is -0.142. The molecule has 0 aliphatic heterocycles. The Hall–Kier alpha value is -2.97. The largest absolute Gasteiger partial charge is 0.508 e. The molecule has 0 bridgehead atoms. The fourth-order valence-electron chi connectivity index (χ4n) is 2.93. The number of aromatic hydroxyl groups is 3. The van der Waals surface area contributed by atoms with Crippen LogP contribution in [0.5, 0.6) is 17.2 Å². The van der Waals surface area contributed by atoms with E-state index in [4.69, 9.17) is 35.4 Å². The third-order valence-electron chi connectivity index (χ3n) is 4.30. The van der Waals surface area contributed by atoms with E-state index in [0.29, 0.717) is 0 Å². The molecule has 28 heavy (non-hydrogen) atoms. The lowest BCUT2D eigenvalue weighted by Gasteiger charge is -1.97. The molecule has 1 aromatic carbocycles. The Balaban J connectivity index is 0.000000365. The van der Waals surface area contributed by atoms with Crippen molar-refractivity contribution in [3.8, 4) is 17.2 Å². The number of hydrogen-bond donors (Lipinski definition) is 6. The van der Waals surface area contributed by atoms with Crippen molar-refractivity contribution in [1.29, 1.82) is 0 Å². The molecule has 158 valence electrons. The summed E-state index contributed by atoms with van der Waals surface area (Å²) in [5, 5.41) is 49.7. The Morgan fingerprint density at radius 3 is 1.07 bits per heavy atom. The van der Waals surface area contributed by atoms with Gasteiger partial charge in [0.15, 0.2) is 0 Å². The Labute approximate surface area is 162 Å². The summed E-state index contributed by atoms with van der Waals surface area (Å²) in [7, 11) is 0. The van der Waals surface area contributed by atoms with E-state index in [1.165, 1.54) is 0 Å². The summed E-state index contributed by atoms with van der Waals surface area (Å²) in [5.41, 5.74) is 0. The molecule has 2 aliphatic carbocycles. The monoisotopic (exact) mass is 400 g/mol. The molecular formula is C19H28O9. The molecule has 0 heterocycles. The second kappa shape index (κ2) is 14.1. The number of benzene rings is 1. The molecule has 2 aliphatic rings. The number of aliphatic carboxylic acids is 2. The molecule has 3 rings (SSSR count). The number of phenols is 3. The van der Waals surface area contributed by atoms with Gasteiger partial charge in [-0.15, -0.1) is 0 Å². The molecule has 1 aromatic rings. The smallest absolute Gasteiger partial charge is 0.306 e. The van der Waals surface area contributed by atoms with E-state index >= 15 is 0 Å². The van der Waals surface area contributed by atoms with Crippen molar-refractivity contribution in [1.82, 2.24) is 0 Å². The van der Waals surface area contributed by atoms with Gasteiger partial charge in [-0.2, -0.15) is 0 Å². The Kier molecular flexibility index (Phi) is 12.6. The maximum Gasteiger partial charge on any atom is 0.306 e. The SMILES string of the molecule is O=C(O)C1CCCC1.O=C(O)C1CCCC1.O=CO.Oc1cc(O)cc(O)c1. The van der Waals surface area contributed by atoms with Crippen molar-refractivity contribution < 1.29 is 45.0 Å². The van der Waals surface area contributed by atoms with Gasteiger partial charge < -0.3 is 30.6 Å². The predicted molar refractivity (Wildman–Crippen MR) is 99.3 cm³/mol. The molecule has 2 saturated carbocycles. The topological polar surface area (TPSA) is 173 Å². The van der Waals surface area contributed by atoms with Gasteiger partial charge >= 0.3 is 11.9 Å². The van der Waals surface area contributed by atoms with Crippen LogP contribution in [0, 0.1) is 11.8 Å². The van der Waals surface area contributed by atoms with Crippen LogP contribution in [0.2, 0.25) is 0 Å². The number of rotatable bonds is 2. The summed E-state index contributed by atoms with van der Waals surface area (Å²) >= 11 is 0. The van der Waals surface area contributed by atoms with Gasteiger partial charge in [0.1, 0.15) is 17.2 Å². The van der Waals surface area contributed by atoms with Gasteiger partial charge in [0.05, 0.1) is 11.8 Å². The van der Waals surface area contributed by atoms with E-state index < -0.39 is 11.9 Å². The van der Waals surface area contributed by atoms with E-state index in [0.717, 1.165) is 69.6 Å². The van der Waals surface area contributed by atoms with Crippen molar-refractivity contribution in [3.63, 3.8) is 0 Å². The molecule has 0 amide bonds. The maximum absolute atomic E-state index is 10.2. The molecule has 0 spiro atoms. The van der Waals surface area contributed by atoms with Gasteiger partial charge in [0.2, 0.25) is 0 Å². The molecular weight excluding hydrogens is 372 g/mol. The Bertz CT molecular complexity index is 527. The highest BCUT2D eigenvalue weighted by atomic mass is 16.4. The average Bonchev–Trinajstić information content (AvgIpc) is 3.30. The minimum Gasteiger partial charge on any atom is -0.508 e. The summed E-state index contributed by atoms with van der Waals surface area (Å²) in [5.74, 6) is -1.69. The average molecular weight is 400 g/mol. The quantitative estimate of drug-likeness (QED) is 0.408. The van der Waals surface area contributed by atoms with Gasteiger partial charge in [-0.05, 0) is 25.7 Å². The lowest BCUT2D eigenvalue weighted by Crippen LogP contribution is -2.07. The first-order chi connectivity index (χ1) is 13.2. The van der Waals surface area contributed by atoms with Crippen LogP contribution in [-0.4, -0.2) is 49.0 Å². The first kappa shape index (κ1) is 25.0. The summed E-state index contributed by atoms with van der Waals surface area (Å²) in [6, 6.07) is 3.42. The van der Waals surface area contributed by atoms with Crippen LogP contribution < -0.4 is 0 Å². The number of carbonyl (C=O) groups is 3. The summed E-state index contributed by atoms with van der Waals surface area (Å²) in [6.45, 7) is -0.250. The predicted octanol–water partition coefficient (Wildman–Crippen LogP) is 3.03. The summed E-state index contributed by atoms with van der Waals surface area (Å²) < 4.78 is 0. The van der Waals surface area contributed by atoms with E-state index in [2.05, 4.69) is 0 Å². The zero-order valence-corrected chi connectivity index (χ0v) is 15.5. The van der Waals surface area contributed by atoms with Crippen LogP contribution in [-0.2, 0) is 14.4 Å². The Morgan fingerprint density at radius 2 is 0.929 bits per heavy atom. The van der Waals surface area contributed by atoms with Crippen LogP contribution in [0.1, 0.15) is 51.4 Å². The Morgan fingerprint density at radius 1 is 0.714 bits per heavy atom. The van der Waals surface area contributed by atoms with Crippen molar-refractivity contribution in [3.05, 3.63) is 18.2 Å². The van der Waals surface area contributed by atoms with E-state index in [9.17, 15) is 9.59 Å². The second-order valence-corrected chi connectivity index (χ2v) is 6.45. The van der Waals surface area contributed by atoms with Gasteiger partial charge in [0, 0.05) is 18.2 Å². The van der Waals surface area contributed by atoms with Crippen LogP contribution in [0.3, 0.4) is 0 Å². The molecule has 2 fully saturated rings. The van der Waals surface area contributed by atoms with E-state index in [1.54, 1.807) is 0 Å². The normalized spacial score (nSPS) is 15.7. The zero-order valence-electron chi connectivity index (χ0n) is 15.5.